The summed E-state index contributed by atoms with van der Waals surface area (Å²) in [6.07, 6.45) is 17.8. The van der Waals surface area contributed by atoms with Gasteiger partial charge in [0, 0.05) is 5.70 Å². The lowest BCUT2D eigenvalue weighted by Gasteiger charge is -2.12. The van der Waals surface area contributed by atoms with E-state index in [1.807, 2.05) is 0 Å². The molecule has 0 aliphatic heterocycles. The quantitative estimate of drug-likeness (QED) is 0.166. The van der Waals surface area contributed by atoms with Gasteiger partial charge in [-0.3, -0.25) is 14.4 Å². The number of aromatic hydroxyl groups is 1. The first kappa shape index (κ1) is 27.6. The summed E-state index contributed by atoms with van der Waals surface area (Å²) < 4.78 is 0. The van der Waals surface area contributed by atoms with E-state index in [0.717, 1.165) is 6.08 Å². The molecule has 0 bridgehead atoms. The molecule has 3 N–H and O–H groups in total. The number of rotatable bonds is 13. The average molecular weight is 460 g/mol. The third-order valence-corrected chi connectivity index (χ3v) is 4.21. The number of allylic oxidation sites excluding steroid dienone is 11. The Balaban J connectivity index is 3.10. The second-order valence-corrected chi connectivity index (χ2v) is 6.88. The Morgan fingerprint density at radius 3 is 2.18 bits per heavy atom. The number of hydrogen-bond acceptors (Lipinski definition) is 5. The monoisotopic (exact) mass is 459 g/mol. The van der Waals surface area contributed by atoms with E-state index < -0.39 is 23.4 Å². The predicted octanol–water partition coefficient (Wildman–Crippen LogP) is 5.05. The number of phenolic OH excluding ortho intramolecular Hbond substituents is 1. The average Bonchev–Trinajstić information content (AvgIpc) is 2.79. The number of benzene rings is 1. The molecule has 1 aromatic carbocycles. The molecule has 1 unspecified atom stereocenters. The molecule has 34 heavy (non-hydrogen) atoms. The smallest absolute Gasteiger partial charge is 0.243 e. The molecule has 6 nitrogen and oxygen atoms in total. The van der Waals surface area contributed by atoms with Gasteiger partial charge >= 0.3 is 0 Å². The van der Waals surface area contributed by atoms with Gasteiger partial charge in [0.25, 0.3) is 0 Å². The minimum Gasteiger partial charge on any atom is -0.508 e. The highest BCUT2D eigenvalue weighted by atomic mass is 16.3. The fraction of sp³-hybridized carbons (Fsp3) is 0.107. The van der Waals surface area contributed by atoms with Crippen molar-refractivity contribution in [1.29, 1.82) is 0 Å². The molecule has 0 saturated heterocycles. The Bertz CT molecular complexity index is 1070. The molecule has 176 valence electrons. The molecular weight excluding hydrogens is 430 g/mol. The Hall–Kier alpha value is -4.45. The summed E-state index contributed by atoms with van der Waals surface area (Å²) >= 11 is 0. The molecule has 1 atom stereocenters. The van der Waals surface area contributed by atoms with Crippen molar-refractivity contribution >= 4 is 23.5 Å². The summed E-state index contributed by atoms with van der Waals surface area (Å²) in [7, 11) is 0. The van der Waals surface area contributed by atoms with Gasteiger partial charge in [0.1, 0.15) is 11.5 Å². The number of hydrogen-bond donors (Lipinski definition) is 3. The van der Waals surface area contributed by atoms with Crippen LogP contribution in [0.4, 0.5) is 0 Å². The summed E-state index contributed by atoms with van der Waals surface area (Å²) in [6.45, 7) is 8.82. The number of amides is 1. The minimum atomic E-state index is -1.60. The van der Waals surface area contributed by atoms with Crippen molar-refractivity contribution < 1.29 is 24.6 Å². The van der Waals surface area contributed by atoms with E-state index in [1.54, 1.807) is 43.4 Å². The molecule has 0 spiro atoms. The first-order valence-electron chi connectivity index (χ1n) is 10.5. The van der Waals surface area contributed by atoms with Crippen molar-refractivity contribution in [1.82, 2.24) is 5.32 Å². The Morgan fingerprint density at radius 2 is 1.56 bits per heavy atom. The van der Waals surface area contributed by atoms with Gasteiger partial charge in [0.15, 0.2) is 17.5 Å². The largest absolute Gasteiger partial charge is 0.508 e. The maximum Gasteiger partial charge on any atom is 0.243 e. The summed E-state index contributed by atoms with van der Waals surface area (Å²) in [5, 5.41) is 21.5. The lowest BCUT2D eigenvalue weighted by atomic mass is 9.96. The zero-order valence-electron chi connectivity index (χ0n) is 19.1. The standard InChI is InChI=1S/C28H29NO5/c1-4-10-22(11-5-2)29-28(34)27(25(32)14-9-7-8-13-23(30)12-6-3)26(33)20-17-21-15-18-24(31)19-16-21/h4-6,8-20,27,30-31H,1,3,7H2,2H3,(H,29,34)/b11-5-,13-8-,14-9+,20-17+,22-10+,23-12+. The number of carbonyl (C=O) groups excluding carboxylic acids is 3. The zero-order chi connectivity index (χ0) is 25.3. The molecule has 0 aliphatic carbocycles. The van der Waals surface area contributed by atoms with Crippen LogP contribution in [0.5, 0.6) is 5.75 Å². The van der Waals surface area contributed by atoms with Gasteiger partial charge in [-0.25, -0.2) is 0 Å². The van der Waals surface area contributed by atoms with Gasteiger partial charge in [0.2, 0.25) is 5.91 Å². The molecule has 0 fully saturated rings. The number of aliphatic hydroxyl groups excluding tert-OH is 1. The van der Waals surface area contributed by atoms with Gasteiger partial charge in [-0.1, -0.05) is 61.7 Å². The van der Waals surface area contributed by atoms with Gasteiger partial charge in [-0.15, -0.1) is 0 Å². The van der Waals surface area contributed by atoms with Gasteiger partial charge in [-0.05, 0) is 67.5 Å². The van der Waals surface area contributed by atoms with E-state index in [0.29, 0.717) is 17.7 Å². The molecule has 1 rings (SSSR count). The van der Waals surface area contributed by atoms with Crippen LogP contribution < -0.4 is 5.32 Å². The molecule has 1 aromatic rings. The van der Waals surface area contributed by atoms with E-state index in [-0.39, 0.29) is 11.5 Å². The summed E-state index contributed by atoms with van der Waals surface area (Å²) in [6, 6.07) is 6.10. The molecule has 6 heteroatoms. The highest BCUT2D eigenvalue weighted by Crippen LogP contribution is 2.13. The third kappa shape index (κ3) is 10.2. The number of ketones is 2. The Labute approximate surface area is 200 Å². The first-order valence-corrected chi connectivity index (χ1v) is 10.5. The molecule has 0 radical (unpaired) electrons. The first-order chi connectivity index (χ1) is 16.3. The van der Waals surface area contributed by atoms with Gasteiger partial charge in [0.05, 0.1) is 0 Å². The van der Waals surface area contributed by atoms with Crippen LogP contribution in [0.3, 0.4) is 0 Å². The lowest BCUT2D eigenvalue weighted by Crippen LogP contribution is -2.38. The summed E-state index contributed by atoms with van der Waals surface area (Å²) in [4.78, 5) is 38.5. The fourth-order valence-electron chi connectivity index (χ4n) is 2.64. The summed E-state index contributed by atoms with van der Waals surface area (Å²) in [5.41, 5.74) is 0.999. The van der Waals surface area contributed by atoms with Crippen LogP contribution in [0.15, 0.2) is 116 Å². The zero-order valence-corrected chi connectivity index (χ0v) is 19.1. The number of nitrogens with one attached hydrogen (secondary N) is 1. The predicted molar refractivity (Wildman–Crippen MR) is 136 cm³/mol. The highest BCUT2D eigenvalue weighted by Gasteiger charge is 2.31. The van der Waals surface area contributed by atoms with Crippen LogP contribution in [0.2, 0.25) is 0 Å². The molecule has 0 saturated carbocycles. The van der Waals surface area contributed by atoms with Crippen molar-refractivity contribution in [2.45, 2.75) is 13.3 Å². The lowest BCUT2D eigenvalue weighted by molar-refractivity contribution is -0.136. The second-order valence-electron chi connectivity index (χ2n) is 6.88. The molecular formula is C28H29NO5. The van der Waals surface area contributed by atoms with E-state index in [4.69, 9.17) is 0 Å². The molecule has 0 heterocycles. The minimum absolute atomic E-state index is 0.00652. The van der Waals surface area contributed by atoms with Crippen LogP contribution >= 0.6 is 0 Å². The maximum atomic E-state index is 12.9. The Kier molecular flexibility index (Phi) is 12.5. The molecule has 0 aliphatic rings. The van der Waals surface area contributed by atoms with E-state index in [9.17, 15) is 24.6 Å². The van der Waals surface area contributed by atoms with Crippen LogP contribution in [0.25, 0.3) is 6.08 Å². The van der Waals surface area contributed by atoms with Crippen molar-refractivity contribution in [3.05, 3.63) is 121 Å². The van der Waals surface area contributed by atoms with E-state index in [2.05, 4.69) is 18.5 Å². The van der Waals surface area contributed by atoms with Gasteiger partial charge < -0.3 is 15.5 Å². The molecule has 0 aromatic heterocycles. The topological polar surface area (TPSA) is 104 Å². The van der Waals surface area contributed by atoms with E-state index >= 15 is 0 Å². The second kappa shape index (κ2) is 15.4. The number of aliphatic hydroxyl groups is 1. The van der Waals surface area contributed by atoms with Crippen molar-refractivity contribution in [3.63, 3.8) is 0 Å². The summed E-state index contributed by atoms with van der Waals surface area (Å²) in [5.74, 6) is -3.67. The van der Waals surface area contributed by atoms with Crippen LogP contribution in [0, 0.1) is 5.92 Å². The number of phenols is 1. The molecule has 1 amide bonds. The Morgan fingerprint density at radius 1 is 0.941 bits per heavy atom. The van der Waals surface area contributed by atoms with E-state index in [1.165, 1.54) is 54.7 Å². The van der Waals surface area contributed by atoms with Crippen molar-refractivity contribution in [2.75, 3.05) is 0 Å². The number of carbonyl (C=O) groups is 3. The van der Waals surface area contributed by atoms with Crippen LogP contribution in [0.1, 0.15) is 18.9 Å². The van der Waals surface area contributed by atoms with Crippen LogP contribution in [-0.4, -0.2) is 27.7 Å². The maximum absolute atomic E-state index is 12.9. The normalized spacial score (nSPS) is 13.6. The van der Waals surface area contributed by atoms with Gasteiger partial charge in [-0.2, -0.15) is 0 Å². The van der Waals surface area contributed by atoms with Crippen LogP contribution in [-0.2, 0) is 14.4 Å². The highest BCUT2D eigenvalue weighted by molar-refractivity contribution is 6.25. The third-order valence-electron chi connectivity index (χ3n) is 4.21. The van der Waals surface area contributed by atoms with Crippen molar-refractivity contribution in [2.24, 2.45) is 5.92 Å². The van der Waals surface area contributed by atoms with Crippen molar-refractivity contribution in [3.8, 4) is 5.75 Å². The fourth-order valence-corrected chi connectivity index (χ4v) is 2.64. The SMILES string of the molecule is C=C/C=C(O)\C=C/C/C=C/C(=O)C(C(=O)/C=C/c1ccc(O)cc1)C(=O)NC(/C=C\C)=C/C=C.